The molecule has 2 aliphatic rings. The van der Waals surface area contributed by atoms with Crippen LogP contribution >= 0.6 is 0 Å². The highest BCUT2D eigenvalue weighted by molar-refractivity contribution is 5.55. The summed E-state index contributed by atoms with van der Waals surface area (Å²) in [6.45, 7) is 0.338. The normalized spacial score (nSPS) is 22.6. The van der Waals surface area contributed by atoms with Crippen molar-refractivity contribution in [2.75, 3.05) is 28.4 Å². The van der Waals surface area contributed by atoms with Gasteiger partial charge in [0, 0.05) is 17.7 Å². The van der Waals surface area contributed by atoms with Gasteiger partial charge in [0.15, 0.2) is 17.6 Å². The van der Waals surface area contributed by atoms with Crippen molar-refractivity contribution in [1.29, 1.82) is 0 Å². The lowest BCUT2D eigenvalue weighted by Crippen LogP contribution is -2.40. The highest BCUT2D eigenvalue weighted by Crippen LogP contribution is 2.51. The highest BCUT2D eigenvalue weighted by Gasteiger charge is 2.44. The molecule has 1 N–H and O–H groups in total. The number of fused-ring (bicyclic) bond motifs is 4. The quantitative estimate of drug-likeness (QED) is 0.882. The summed E-state index contributed by atoms with van der Waals surface area (Å²) in [7, 11) is 6.29. The number of rotatable bonds is 4. The number of hydrogen-bond donors (Lipinski definition) is 1. The lowest BCUT2D eigenvalue weighted by Gasteiger charge is -2.41. The predicted molar refractivity (Wildman–Crippen MR) is 96.0 cm³/mol. The van der Waals surface area contributed by atoms with Crippen molar-refractivity contribution in [3.05, 3.63) is 41.0 Å². The highest BCUT2D eigenvalue weighted by atomic mass is 16.6. The molecule has 0 spiro atoms. The van der Waals surface area contributed by atoms with E-state index >= 15 is 0 Å². The van der Waals surface area contributed by atoms with Gasteiger partial charge < -0.3 is 33.5 Å². The Kier molecular flexibility index (Phi) is 4.49. The molecule has 0 amide bonds. The third-order valence-electron chi connectivity index (χ3n) is 5.08. The van der Waals surface area contributed by atoms with E-state index in [1.54, 1.807) is 40.6 Å². The molecule has 2 aromatic carbocycles. The third-order valence-corrected chi connectivity index (χ3v) is 5.08. The van der Waals surface area contributed by atoms with Crippen molar-refractivity contribution in [3.63, 3.8) is 0 Å². The molecule has 144 valence electrons. The number of aliphatic hydroxyl groups is 1. The fourth-order valence-electron chi connectivity index (χ4n) is 3.72. The third kappa shape index (κ3) is 2.74. The van der Waals surface area contributed by atoms with Gasteiger partial charge in [-0.25, -0.2) is 0 Å². The number of ether oxygens (including phenoxy) is 6. The minimum absolute atomic E-state index is 0.338. The summed E-state index contributed by atoms with van der Waals surface area (Å²) in [4.78, 5) is 0. The lowest BCUT2D eigenvalue weighted by atomic mass is 9.87. The molecule has 0 saturated heterocycles. The fourth-order valence-corrected chi connectivity index (χ4v) is 3.72. The minimum atomic E-state index is -0.902. The molecule has 4 rings (SSSR count). The SMILES string of the molecule is COc1cc(OC)c2c(c1)O[C@@H]1c3cc(OC)c(OC)cc3CO[C@H]1C2O. The van der Waals surface area contributed by atoms with Crippen LogP contribution in [0.2, 0.25) is 0 Å². The summed E-state index contributed by atoms with van der Waals surface area (Å²) >= 11 is 0. The van der Waals surface area contributed by atoms with Crippen LogP contribution in [-0.2, 0) is 11.3 Å². The van der Waals surface area contributed by atoms with Crippen LogP contribution in [0.3, 0.4) is 0 Å². The summed E-state index contributed by atoms with van der Waals surface area (Å²) in [6.07, 6.45) is -1.96. The van der Waals surface area contributed by atoms with E-state index in [0.717, 1.165) is 11.1 Å². The minimum Gasteiger partial charge on any atom is -0.496 e. The van der Waals surface area contributed by atoms with Crippen LogP contribution in [-0.4, -0.2) is 39.6 Å². The maximum atomic E-state index is 11.0. The first-order valence-electron chi connectivity index (χ1n) is 8.58. The molecule has 0 aliphatic carbocycles. The van der Waals surface area contributed by atoms with Gasteiger partial charge in [-0.15, -0.1) is 0 Å². The molecule has 2 aliphatic heterocycles. The van der Waals surface area contributed by atoms with Crippen molar-refractivity contribution in [1.82, 2.24) is 0 Å². The molecule has 27 heavy (non-hydrogen) atoms. The van der Waals surface area contributed by atoms with Gasteiger partial charge in [-0.1, -0.05) is 0 Å². The maximum absolute atomic E-state index is 11.0. The Hall–Kier alpha value is -2.64. The maximum Gasteiger partial charge on any atom is 0.161 e. The first kappa shape index (κ1) is 17.8. The number of benzene rings is 2. The van der Waals surface area contributed by atoms with E-state index in [1.165, 1.54) is 0 Å². The van der Waals surface area contributed by atoms with E-state index < -0.39 is 18.3 Å². The Bertz CT molecular complexity index is 864. The average molecular weight is 374 g/mol. The number of methoxy groups -OCH3 is 4. The first-order chi connectivity index (χ1) is 13.1. The van der Waals surface area contributed by atoms with E-state index in [-0.39, 0.29) is 0 Å². The molecule has 0 bridgehead atoms. The second-order valence-corrected chi connectivity index (χ2v) is 6.41. The van der Waals surface area contributed by atoms with Gasteiger partial charge in [0.05, 0.1) is 40.6 Å². The van der Waals surface area contributed by atoms with Crippen molar-refractivity contribution >= 4 is 0 Å². The summed E-state index contributed by atoms with van der Waals surface area (Å²) in [5, 5.41) is 11.0. The standard InChI is InChI=1S/C20H22O7/c1-22-11-6-15(25-4)17-16(7-11)27-19-12-8-14(24-3)13(23-2)5-10(12)9-26-20(19)18(17)21/h5-8,18-21H,9H2,1-4H3/t18?,19-,20+/m1/s1. The zero-order chi connectivity index (χ0) is 19.1. The Balaban J connectivity index is 1.82. The summed E-state index contributed by atoms with van der Waals surface area (Å²) in [6, 6.07) is 7.22. The summed E-state index contributed by atoms with van der Waals surface area (Å²) in [5.74, 6) is 2.81. The number of hydrogen-bond acceptors (Lipinski definition) is 7. The molecule has 0 aromatic heterocycles. The number of aliphatic hydroxyl groups excluding tert-OH is 1. The molecule has 2 aromatic rings. The molecule has 2 heterocycles. The smallest absolute Gasteiger partial charge is 0.161 e. The Morgan fingerprint density at radius 1 is 0.889 bits per heavy atom. The lowest BCUT2D eigenvalue weighted by molar-refractivity contribution is -0.127. The topological polar surface area (TPSA) is 75.6 Å². The summed E-state index contributed by atoms with van der Waals surface area (Å²) in [5.41, 5.74) is 2.39. The second-order valence-electron chi connectivity index (χ2n) is 6.41. The van der Waals surface area contributed by atoms with Crippen molar-refractivity contribution in [2.24, 2.45) is 0 Å². The van der Waals surface area contributed by atoms with Crippen LogP contribution in [0.25, 0.3) is 0 Å². The van der Waals surface area contributed by atoms with Crippen molar-refractivity contribution in [3.8, 4) is 28.7 Å². The van der Waals surface area contributed by atoms with Crippen molar-refractivity contribution < 1.29 is 33.5 Å². The zero-order valence-corrected chi connectivity index (χ0v) is 15.6. The molecule has 3 atom stereocenters. The van der Waals surface area contributed by atoms with Crippen LogP contribution in [0.5, 0.6) is 28.7 Å². The molecule has 7 heteroatoms. The van der Waals surface area contributed by atoms with Gasteiger partial charge in [-0.3, -0.25) is 0 Å². The van der Waals surface area contributed by atoms with E-state index in [9.17, 15) is 5.11 Å². The van der Waals surface area contributed by atoms with Gasteiger partial charge in [0.25, 0.3) is 0 Å². The largest absolute Gasteiger partial charge is 0.496 e. The van der Waals surface area contributed by atoms with Crippen LogP contribution < -0.4 is 23.7 Å². The van der Waals surface area contributed by atoms with E-state index in [2.05, 4.69) is 0 Å². The first-order valence-corrected chi connectivity index (χ1v) is 8.58. The van der Waals surface area contributed by atoms with E-state index in [4.69, 9.17) is 28.4 Å². The molecule has 1 unspecified atom stereocenters. The van der Waals surface area contributed by atoms with Crippen LogP contribution in [0, 0.1) is 0 Å². The zero-order valence-electron chi connectivity index (χ0n) is 15.6. The van der Waals surface area contributed by atoms with Gasteiger partial charge in [-0.05, 0) is 17.7 Å². The van der Waals surface area contributed by atoms with Crippen LogP contribution in [0.4, 0.5) is 0 Å². The predicted octanol–water partition coefficient (Wildman–Crippen LogP) is 2.79. The van der Waals surface area contributed by atoms with Crippen molar-refractivity contribution in [2.45, 2.75) is 24.9 Å². The van der Waals surface area contributed by atoms with Gasteiger partial charge in [-0.2, -0.15) is 0 Å². The molecule has 7 nitrogen and oxygen atoms in total. The van der Waals surface area contributed by atoms with Crippen LogP contribution in [0.15, 0.2) is 24.3 Å². The van der Waals surface area contributed by atoms with Gasteiger partial charge in [0.1, 0.15) is 29.5 Å². The van der Waals surface area contributed by atoms with E-state index in [1.807, 2.05) is 12.1 Å². The Morgan fingerprint density at radius 2 is 1.59 bits per heavy atom. The monoisotopic (exact) mass is 374 g/mol. The molecule has 0 saturated carbocycles. The molecular weight excluding hydrogens is 352 g/mol. The fraction of sp³-hybridized carbons (Fsp3) is 0.400. The van der Waals surface area contributed by atoms with Crippen LogP contribution in [0.1, 0.15) is 28.9 Å². The molecular formula is C20H22O7. The summed E-state index contributed by atoms with van der Waals surface area (Å²) < 4.78 is 33.7. The van der Waals surface area contributed by atoms with Gasteiger partial charge in [0.2, 0.25) is 0 Å². The van der Waals surface area contributed by atoms with E-state index in [0.29, 0.717) is 40.9 Å². The Labute approximate surface area is 157 Å². The molecule has 0 fully saturated rings. The molecule has 0 radical (unpaired) electrons. The van der Waals surface area contributed by atoms with Gasteiger partial charge >= 0.3 is 0 Å². The second kappa shape index (κ2) is 6.83. The average Bonchev–Trinajstić information content (AvgIpc) is 2.71. The Morgan fingerprint density at radius 3 is 2.26 bits per heavy atom.